The van der Waals surface area contributed by atoms with Crippen molar-refractivity contribution < 1.29 is 9.13 Å². The number of ether oxygens (including phenoxy) is 1. The molecule has 0 spiro atoms. The third-order valence-corrected chi connectivity index (χ3v) is 5.77. The molecule has 2 aliphatic rings. The van der Waals surface area contributed by atoms with Crippen LogP contribution in [0, 0.1) is 5.82 Å². The number of benzene rings is 1. The maximum absolute atomic E-state index is 13.8. The molecule has 2 fully saturated rings. The molecular formula is C17H21FN4OS. The molecular weight excluding hydrogens is 327 g/mol. The summed E-state index contributed by atoms with van der Waals surface area (Å²) in [7, 11) is 1.49. The maximum atomic E-state index is 13.8. The van der Waals surface area contributed by atoms with E-state index < -0.39 is 0 Å². The van der Waals surface area contributed by atoms with Gasteiger partial charge in [-0.15, -0.1) is 10.2 Å². The Morgan fingerprint density at radius 2 is 2.00 bits per heavy atom. The zero-order valence-electron chi connectivity index (χ0n) is 13.7. The van der Waals surface area contributed by atoms with Crippen molar-refractivity contribution in [3.05, 3.63) is 34.6 Å². The minimum Gasteiger partial charge on any atom is -0.494 e. The first kappa shape index (κ1) is 15.8. The van der Waals surface area contributed by atoms with Gasteiger partial charge in [0.05, 0.1) is 7.11 Å². The Bertz CT molecular complexity index is 710. The fourth-order valence-electron chi connectivity index (χ4n) is 3.01. The second-order valence-corrected chi connectivity index (χ2v) is 7.42. The summed E-state index contributed by atoms with van der Waals surface area (Å²) in [5.41, 5.74) is 0.980. The molecule has 5 nitrogen and oxygen atoms in total. The highest BCUT2D eigenvalue weighted by atomic mass is 32.1. The first-order valence-corrected chi connectivity index (χ1v) is 9.17. The van der Waals surface area contributed by atoms with Crippen molar-refractivity contribution in [2.24, 2.45) is 0 Å². The number of piperazine rings is 1. The van der Waals surface area contributed by atoms with Gasteiger partial charge in [0.2, 0.25) is 5.13 Å². The lowest BCUT2D eigenvalue weighted by molar-refractivity contribution is 0.249. The van der Waals surface area contributed by atoms with Gasteiger partial charge in [-0.3, -0.25) is 4.90 Å². The third-order valence-electron chi connectivity index (χ3n) is 4.62. The summed E-state index contributed by atoms with van der Waals surface area (Å²) in [6.07, 6.45) is 2.53. The number of hydrogen-bond donors (Lipinski definition) is 0. The number of nitrogens with zero attached hydrogens (tertiary/aromatic N) is 4. The summed E-state index contributed by atoms with van der Waals surface area (Å²) in [6, 6.07) is 5.19. The van der Waals surface area contributed by atoms with Crippen LogP contribution in [0.2, 0.25) is 0 Å². The zero-order chi connectivity index (χ0) is 16.5. The minimum atomic E-state index is -0.296. The second kappa shape index (κ2) is 6.64. The van der Waals surface area contributed by atoms with E-state index in [9.17, 15) is 4.39 Å². The van der Waals surface area contributed by atoms with Crippen molar-refractivity contribution >= 4 is 16.5 Å². The smallest absolute Gasteiger partial charge is 0.208 e. The van der Waals surface area contributed by atoms with E-state index in [0.717, 1.165) is 43.4 Å². The summed E-state index contributed by atoms with van der Waals surface area (Å²) < 4.78 is 18.8. The largest absolute Gasteiger partial charge is 0.494 e. The topological polar surface area (TPSA) is 41.5 Å². The van der Waals surface area contributed by atoms with Crippen molar-refractivity contribution in [3.63, 3.8) is 0 Å². The lowest BCUT2D eigenvalue weighted by Crippen LogP contribution is -2.45. The molecule has 24 heavy (non-hydrogen) atoms. The van der Waals surface area contributed by atoms with E-state index in [1.165, 1.54) is 25.0 Å². The van der Waals surface area contributed by atoms with Gasteiger partial charge in [-0.2, -0.15) is 0 Å². The maximum Gasteiger partial charge on any atom is 0.208 e. The summed E-state index contributed by atoms with van der Waals surface area (Å²) in [4.78, 5) is 4.66. The SMILES string of the molecule is COc1ccc(CN2CCN(c3nnc(C4CC4)s3)CC2)cc1F. The van der Waals surface area contributed by atoms with Crippen LogP contribution in [-0.4, -0.2) is 48.4 Å². The van der Waals surface area contributed by atoms with E-state index in [1.807, 2.05) is 6.07 Å². The van der Waals surface area contributed by atoms with Crippen molar-refractivity contribution in [3.8, 4) is 5.75 Å². The van der Waals surface area contributed by atoms with Gasteiger partial charge in [0.1, 0.15) is 5.01 Å². The van der Waals surface area contributed by atoms with Crippen molar-refractivity contribution in [1.29, 1.82) is 0 Å². The standard InChI is InChI=1S/C17H21FN4OS/c1-23-15-5-2-12(10-14(15)18)11-21-6-8-22(9-7-21)17-20-19-16(24-17)13-3-4-13/h2,5,10,13H,3-4,6-9,11H2,1H3. The third kappa shape index (κ3) is 3.37. The Morgan fingerprint density at radius 3 is 2.67 bits per heavy atom. The lowest BCUT2D eigenvalue weighted by Gasteiger charge is -2.34. The molecule has 128 valence electrons. The van der Waals surface area contributed by atoms with E-state index >= 15 is 0 Å². The van der Waals surface area contributed by atoms with E-state index in [2.05, 4.69) is 20.0 Å². The Hall–Kier alpha value is -1.73. The van der Waals surface area contributed by atoms with Crippen LogP contribution in [0.1, 0.15) is 29.3 Å². The molecule has 0 amide bonds. The molecule has 1 aromatic carbocycles. The first-order valence-electron chi connectivity index (χ1n) is 8.36. The van der Waals surface area contributed by atoms with E-state index in [4.69, 9.17) is 4.74 Å². The molecule has 4 rings (SSSR count). The Balaban J connectivity index is 1.33. The first-order chi connectivity index (χ1) is 11.7. The Morgan fingerprint density at radius 1 is 1.21 bits per heavy atom. The second-order valence-electron chi connectivity index (χ2n) is 6.43. The summed E-state index contributed by atoms with van der Waals surface area (Å²) in [6.45, 7) is 4.55. The quantitative estimate of drug-likeness (QED) is 0.831. The molecule has 1 aromatic heterocycles. The van der Waals surface area contributed by atoms with Gasteiger partial charge in [0, 0.05) is 38.6 Å². The molecule has 0 bridgehead atoms. The van der Waals surface area contributed by atoms with Crippen molar-refractivity contribution in [2.75, 3.05) is 38.2 Å². The molecule has 7 heteroatoms. The number of hydrogen-bond acceptors (Lipinski definition) is 6. The van der Waals surface area contributed by atoms with Crippen LogP contribution < -0.4 is 9.64 Å². The van der Waals surface area contributed by atoms with Gasteiger partial charge in [-0.25, -0.2) is 4.39 Å². The van der Waals surface area contributed by atoms with Crippen molar-refractivity contribution in [1.82, 2.24) is 15.1 Å². The zero-order valence-corrected chi connectivity index (χ0v) is 14.6. The molecule has 1 saturated carbocycles. The van der Waals surface area contributed by atoms with Gasteiger partial charge in [-0.1, -0.05) is 17.4 Å². The van der Waals surface area contributed by atoms with E-state index in [0.29, 0.717) is 11.7 Å². The molecule has 1 saturated heterocycles. The normalized spacial score (nSPS) is 18.8. The predicted molar refractivity (Wildman–Crippen MR) is 92.3 cm³/mol. The number of rotatable bonds is 5. The van der Waals surface area contributed by atoms with E-state index in [-0.39, 0.29) is 5.82 Å². The van der Waals surface area contributed by atoms with Crippen LogP contribution in [0.5, 0.6) is 5.75 Å². The number of methoxy groups -OCH3 is 1. The average Bonchev–Trinajstić information content (AvgIpc) is 3.33. The molecule has 2 heterocycles. The van der Waals surface area contributed by atoms with Crippen LogP contribution in [-0.2, 0) is 6.54 Å². The number of aromatic nitrogens is 2. The molecule has 0 unspecified atom stereocenters. The monoisotopic (exact) mass is 348 g/mol. The highest BCUT2D eigenvalue weighted by Gasteiger charge is 2.29. The molecule has 1 aliphatic heterocycles. The molecule has 0 N–H and O–H groups in total. The van der Waals surface area contributed by atoms with Crippen LogP contribution in [0.25, 0.3) is 0 Å². The minimum absolute atomic E-state index is 0.296. The summed E-state index contributed by atoms with van der Waals surface area (Å²) in [5.74, 6) is 0.670. The molecule has 2 aromatic rings. The van der Waals surface area contributed by atoms with Crippen LogP contribution in [0.4, 0.5) is 9.52 Å². The van der Waals surface area contributed by atoms with Crippen LogP contribution >= 0.6 is 11.3 Å². The Kier molecular flexibility index (Phi) is 4.37. The fourth-order valence-corrected chi connectivity index (χ4v) is 4.08. The number of halogens is 1. The van der Waals surface area contributed by atoms with Crippen LogP contribution in [0.3, 0.4) is 0 Å². The van der Waals surface area contributed by atoms with Gasteiger partial charge >= 0.3 is 0 Å². The average molecular weight is 348 g/mol. The fraction of sp³-hybridized carbons (Fsp3) is 0.529. The van der Waals surface area contributed by atoms with Gasteiger partial charge in [-0.05, 0) is 30.5 Å². The predicted octanol–water partition coefficient (Wildman–Crippen LogP) is 2.89. The Labute approximate surface area is 145 Å². The molecule has 0 atom stereocenters. The summed E-state index contributed by atoms with van der Waals surface area (Å²) in [5, 5.41) is 10.9. The summed E-state index contributed by atoms with van der Waals surface area (Å²) >= 11 is 1.74. The van der Waals surface area contributed by atoms with Crippen molar-refractivity contribution in [2.45, 2.75) is 25.3 Å². The van der Waals surface area contributed by atoms with Gasteiger partial charge < -0.3 is 9.64 Å². The lowest BCUT2D eigenvalue weighted by atomic mass is 10.2. The molecule has 1 aliphatic carbocycles. The molecule has 0 radical (unpaired) electrons. The van der Waals surface area contributed by atoms with E-state index in [1.54, 1.807) is 23.5 Å². The highest BCUT2D eigenvalue weighted by Crippen LogP contribution is 2.42. The van der Waals surface area contributed by atoms with Gasteiger partial charge in [0.25, 0.3) is 0 Å². The van der Waals surface area contributed by atoms with Crippen LogP contribution in [0.15, 0.2) is 18.2 Å². The number of anilines is 1. The van der Waals surface area contributed by atoms with Gasteiger partial charge in [0.15, 0.2) is 11.6 Å². The highest BCUT2D eigenvalue weighted by molar-refractivity contribution is 7.15.